The van der Waals surface area contributed by atoms with Crippen LogP contribution in [0.3, 0.4) is 0 Å². The van der Waals surface area contributed by atoms with Gasteiger partial charge in [0.05, 0.1) is 13.2 Å². The minimum atomic E-state index is -0.118. The molecule has 0 spiro atoms. The summed E-state index contributed by atoms with van der Waals surface area (Å²) in [6, 6.07) is 7.69. The number of fused-ring (bicyclic) bond motifs is 1. The highest BCUT2D eigenvalue weighted by molar-refractivity contribution is 5.46. The van der Waals surface area contributed by atoms with Crippen LogP contribution in [0.4, 0.5) is 5.69 Å². The maximum absolute atomic E-state index is 12.2. The molecule has 7 heteroatoms. The standard InChI is InChI=1S/C16H19N5O2/c1-4-23-13-7-5-12(6-8-13)17-9-14-19-16-18-11(3)10(2)15(22)21(16)20-14/h5-8,17H,4,9H2,1-3H3,(H,18,19,20). The average Bonchev–Trinajstić information content (AvgIpc) is 2.95. The maximum atomic E-state index is 12.2. The largest absolute Gasteiger partial charge is 0.494 e. The van der Waals surface area contributed by atoms with E-state index in [9.17, 15) is 4.79 Å². The Hall–Kier alpha value is -2.83. The summed E-state index contributed by atoms with van der Waals surface area (Å²) in [6.07, 6.45) is 0. The molecule has 2 heterocycles. The van der Waals surface area contributed by atoms with Crippen molar-refractivity contribution < 1.29 is 4.74 Å². The normalized spacial score (nSPS) is 10.9. The predicted molar refractivity (Wildman–Crippen MR) is 88.0 cm³/mol. The number of anilines is 1. The van der Waals surface area contributed by atoms with Crippen molar-refractivity contribution in [3.05, 3.63) is 51.7 Å². The van der Waals surface area contributed by atoms with Crippen LogP contribution in [0.25, 0.3) is 5.78 Å². The molecule has 0 atom stereocenters. The fourth-order valence-corrected chi connectivity index (χ4v) is 2.25. The number of rotatable bonds is 5. The Morgan fingerprint density at radius 2 is 1.96 bits per heavy atom. The molecule has 0 aliphatic heterocycles. The van der Waals surface area contributed by atoms with Gasteiger partial charge in [0.2, 0.25) is 0 Å². The van der Waals surface area contributed by atoms with Crippen molar-refractivity contribution in [2.75, 3.05) is 11.9 Å². The molecule has 120 valence electrons. The summed E-state index contributed by atoms with van der Waals surface area (Å²) >= 11 is 0. The summed E-state index contributed by atoms with van der Waals surface area (Å²) in [6.45, 7) is 6.63. The van der Waals surface area contributed by atoms with E-state index in [-0.39, 0.29) is 5.56 Å². The van der Waals surface area contributed by atoms with Crippen molar-refractivity contribution in [2.45, 2.75) is 27.3 Å². The molecule has 0 aliphatic carbocycles. The number of benzene rings is 1. The minimum absolute atomic E-state index is 0.118. The van der Waals surface area contributed by atoms with E-state index < -0.39 is 0 Å². The van der Waals surface area contributed by atoms with Crippen LogP contribution in [0, 0.1) is 13.8 Å². The lowest BCUT2D eigenvalue weighted by atomic mass is 10.3. The molecule has 0 aliphatic rings. The molecule has 0 fully saturated rings. The van der Waals surface area contributed by atoms with Crippen molar-refractivity contribution in [1.82, 2.24) is 19.6 Å². The summed E-state index contributed by atoms with van der Waals surface area (Å²) in [4.78, 5) is 20.8. The van der Waals surface area contributed by atoms with E-state index in [2.05, 4.69) is 20.4 Å². The number of nitrogens with zero attached hydrogens (tertiary/aromatic N) is 3. The quantitative estimate of drug-likeness (QED) is 0.753. The molecule has 0 saturated carbocycles. The van der Waals surface area contributed by atoms with Gasteiger partial charge in [0.25, 0.3) is 11.3 Å². The smallest absolute Gasteiger partial charge is 0.277 e. The van der Waals surface area contributed by atoms with E-state index in [1.54, 1.807) is 6.92 Å². The first kappa shape index (κ1) is 15.1. The zero-order valence-corrected chi connectivity index (χ0v) is 13.4. The molecule has 0 amide bonds. The van der Waals surface area contributed by atoms with Crippen molar-refractivity contribution in [3.63, 3.8) is 0 Å². The highest BCUT2D eigenvalue weighted by atomic mass is 16.5. The fraction of sp³-hybridized carbons (Fsp3) is 0.312. The van der Waals surface area contributed by atoms with E-state index >= 15 is 0 Å². The summed E-state index contributed by atoms with van der Waals surface area (Å²) in [7, 11) is 0. The van der Waals surface area contributed by atoms with Gasteiger partial charge in [0, 0.05) is 16.9 Å². The Morgan fingerprint density at radius 1 is 1.22 bits per heavy atom. The van der Waals surface area contributed by atoms with E-state index in [1.165, 1.54) is 4.52 Å². The second-order valence-electron chi connectivity index (χ2n) is 5.24. The van der Waals surface area contributed by atoms with Crippen molar-refractivity contribution in [2.24, 2.45) is 0 Å². The van der Waals surface area contributed by atoms with Gasteiger partial charge < -0.3 is 10.1 Å². The van der Waals surface area contributed by atoms with Gasteiger partial charge in [-0.2, -0.15) is 9.50 Å². The third-order valence-electron chi connectivity index (χ3n) is 3.64. The third-order valence-corrected chi connectivity index (χ3v) is 3.64. The average molecular weight is 313 g/mol. The van der Waals surface area contributed by atoms with Gasteiger partial charge in [0.15, 0.2) is 0 Å². The van der Waals surface area contributed by atoms with Crippen LogP contribution in [0.2, 0.25) is 0 Å². The fourth-order valence-electron chi connectivity index (χ4n) is 2.25. The monoisotopic (exact) mass is 313 g/mol. The van der Waals surface area contributed by atoms with Crippen LogP contribution < -0.4 is 15.6 Å². The van der Waals surface area contributed by atoms with Crippen LogP contribution in [-0.2, 0) is 6.54 Å². The second-order valence-corrected chi connectivity index (χ2v) is 5.24. The first-order valence-corrected chi connectivity index (χ1v) is 7.50. The van der Waals surface area contributed by atoms with Gasteiger partial charge in [-0.05, 0) is 45.0 Å². The number of hydrogen-bond acceptors (Lipinski definition) is 5. The lowest BCUT2D eigenvalue weighted by Crippen LogP contribution is -2.19. The number of hydrogen-bond donors (Lipinski definition) is 2. The van der Waals surface area contributed by atoms with Gasteiger partial charge in [-0.25, -0.2) is 4.98 Å². The summed E-state index contributed by atoms with van der Waals surface area (Å²) in [5.74, 6) is 1.87. The molecule has 0 saturated heterocycles. The van der Waals surface area contributed by atoms with Crippen LogP contribution in [-0.4, -0.2) is 26.2 Å². The van der Waals surface area contributed by atoms with E-state index in [1.807, 2.05) is 38.1 Å². The summed E-state index contributed by atoms with van der Waals surface area (Å²) in [5, 5.41) is 6.22. The molecule has 23 heavy (non-hydrogen) atoms. The molecular formula is C16H19N5O2. The number of aryl methyl sites for hydroxylation is 1. The molecule has 2 N–H and O–H groups in total. The maximum Gasteiger partial charge on any atom is 0.277 e. The Morgan fingerprint density at radius 3 is 2.65 bits per heavy atom. The molecular weight excluding hydrogens is 294 g/mol. The second kappa shape index (κ2) is 6.12. The Kier molecular flexibility index (Phi) is 4.01. The number of ether oxygens (including phenoxy) is 1. The van der Waals surface area contributed by atoms with E-state index in [4.69, 9.17) is 4.74 Å². The lowest BCUT2D eigenvalue weighted by Gasteiger charge is -2.06. The molecule has 0 unspecified atom stereocenters. The molecule has 7 nitrogen and oxygen atoms in total. The first-order valence-electron chi connectivity index (χ1n) is 7.50. The van der Waals surface area contributed by atoms with Crippen LogP contribution in [0.5, 0.6) is 5.75 Å². The number of nitrogens with one attached hydrogen (secondary N) is 2. The van der Waals surface area contributed by atoms with Gasteiger partial charge in [0.1, 0.15) is 11.6 Å². The molecule has 3 aromatic rings. The zero-order chi connectivity index (χ0) is 16.4. The van der Waals surface area contributed by atoms with Crippen molar-refractivity contribution in [3.8, 4) is 5.75 Å². The molecule has 3 rings (SSSR count). The molecule has 1 aromatic carbocycles. The molecule has 2 aromatic heterocycles. The SMILES string of the molecule is CCOc1ccc(NCc2nc3nc(C)c(C)c(=O)n3[nH]2)cc1. The third kappa shape index (κ3) is 3.03. The molecule has 0 radical (unpaired) electrons. The molecule has 0 bridgehead atoms. The van der Waals surface area contributed by atoms with Crippen LogP contribution >= 0.6 is 0 Å². The van der Waals surface area contributed by atoms with Crippen LogP contribution in [0.1, 0.15) is 24.0 Å². The Balaban J connectivity index is 1.77. The zero-order valence-electron chi connectivity index (χ0n) is 13.4. The van der Waals surface area contributed by atoms with Gasteiger partial charge >= 0.3 is 0 Å². The number of aromatic amines is 1. The Labute approximate surface area is 133 Å². The van der Waals surface area contributed by atoms with Crippen molar-refractivity contribution >= 4 is 11.5 Å². The van der Waals surface area contributed by atoms with Crippen molar-refractivity contribution in [1.29, 1.82) is 0 Å². The van der Waals surface area contributed by atoms with Gasteiger partial charge in [-0.3, -0.25) is 9.89 Å². The highest BCUT2D eigenvalue weighted by Gasteiger charge is 2.09. The summed E-state index contributed by atoms with van der Waals surface area (Å²) < 4.78 is 6.78. The number of H-pyrrole nitrogens is 1. The topological polar surface area (TPSA) is 84.3 Å². The van der Waals surface area contributed by atoms with E-state index in [0.717, 1.165) is 11.4 Å². The van der Waals surface area contributed by atoms with E-state index in [0.29, 0.717) is 36.0 Å². The van der Waals surface area contributed by atoms with Crippen LogP contribution in [0.15, 0.2) is 29.1 Å². The predicted octanol–water partition coefficient (Wildman–Crippen LogP) is 2.05. The minimum Gasteiger partial charge on any atom is -0.494 e. The lowest BCUT2D eigenvalue weighted by molar-refractivity contribution is 0.340. The van der Waals surface area contributed by atoms with Gasteiger partial charge in [-0.1, -0.05) is 0 Å². The number of aromatic nitrogens is 4. The Bertz CT molecular complexity index is 880. The van der Waals surface area contributed by atoms with Gasteiger partial charge in [-0.15, -0.1) is 0 Å². The first-order chi connectivity index (χ1) is 11.1. The summed E-state index contributed by atoms with van der Waals surface area (Å²) in [5.41, 5.74) is 2.15. The highest BCUT2D eigenvalue weighted by Crippen LogP contribution is 2.16.